The number of esters is 2. The molecule has 1 heterocycles. The third-order valence-corrected chi connectivity index (χ3v) is 5.95. The molecular weight excluding hydrogens is 448 g/mol. The summed E-state index contributed by atoms with van der Waals surface area (Å²) < 4.78 is 16.5. The maximum Gasteiger partial charge on any atom is 0.334 e. The normalized spacial score (nSPS) is 19.7. The minimum absolute atomic E-state index is 0.121. The molecule has 1 aliphatic carbocycles. The molecule has 1 aromatic rings. The Bertz CT molecular complexity index is 1200. The average molecular weight is 479 g/mol. The summed E-state index contributed by atoms with van der Waals surface area (Å²) in [4.78, 5) is 50.4. The lowest BCUT2D eigenvalue weighted by Crippen LogP contribution is -2.50. The van der Waals surface area contributed by atoms with Crippen LogP contribution in [0.1, 0.15) is 64.5 Å². The number of unbranched alkanes of at least 4 members (excludes halogenated alkanes) is 3. The number of ketones is 2. The van der Waals surface area contributed by atoms with Crippen molar-refractivity contribution in [3.05, 3.63) is 70.5 Å². The minimum atomic E-state index is -1.98. The van der Waals surface area contributed by atoms with Gasteiger partial charge in [0.2, 0.25) is 17.2 Å². The number of carbonyl (C=O) groups is 4. The molecule has 0 aromatic heterocycles. The number of aryl methyl sites for hydroxylation is 1. The van der Waals surface area contributed by atoms with Crippen molar-refractivity contribution in [1.29, 1.82) is 0 Å². The van der Waals surface area contributed by atoms with E-state index in [-0.39, 0.29) is 5.57 Å². The number of carbonyl (C=O) groups excluding carboxylic acids is 4. The fourth-order valence-electron chi connectivity index (χ4n) is 3.88. The minimum Gasteiger partial charge on any atom is -0.463 e. The van der Waals surface area contributed by atoms with Crippen molar-refractivity contribution < 1.29 is 33.4 Å². The van der Waals surface area contributed by atoms with Gasteiger partial charge in [-0.05, 0) is 63.0 Å². The van der Waals surface area contributed by atoms with Crippen LogP contribution in [-0.2, 0) is 28.7 Å². The van der Waals surface area contributed by atoms with E-state index in [9.17, 15) is 19.2 Å². The lowest BCUT2D eigenvalue weighted by molar-refractivity contribution is -0.165. The van der Waals surface area contributed by atoms with Gasteiger partial charge in [0.1, 0.15) is 17.8 Å². The van der Waals surface area contributed by atoms with Crippen molar-refractivity contribution in [2.75, 3.05) is 0 Å². The summed E-state index contributed by atoms with van der Waals surface area (Å²) in [5.41, 5.74) is 0.134. The van der Waals surface area contributed by atoms with Crippen LogP contribution in [0.3, 0.4) is 0 Å². The number of allylic oxidation sites excluding steroid dienone is 3. The van der Waals surface area contributed by atoms with E-state index in [4.69, 9.17) is 14.2 Å². The van der Waals surface area contributed by atoms with Crippen molar-refractivity contribution in [1.82, 2.24) is 0 Å². The Morgan fingerprint density at radius 2 is 1.86 bits per heavy atom. The van der Waals surface area contributed by atoms with Crippen LogP contribution in [0.15, 0.2) is 59.4 Å². The summed E-state index contributed by atoms with van der Waals surface area (Å²) in [6, 6.07) is 5.20. The molecule has 35 heavy (non-hydrogen) atoms. The van der Waals surface area contributed by atoms with Crippen molar-refractivity contribution in [3.8, 4) is 5.75 Å². The molecule has 1 unspecified atom stereocenters. The Balaban J connectivity index is 1.88. The van der Waals surface area contributed by atoms with Gasteiger partial charge in [0.05, 0.1) is 11.1 Å². The first kappa shape index (κ1) is 25.9. The molecule has 184 valence electrons. The molecule has 0 saturated heterocycles. The van der Waals surface area contributed by atoms with Gasteiger partial charge < -0.3 is 14.2 Å². The highest BCUT2D eigenvalue weighted by Gasteiger charge is 2.49. The van der Waals surface area contributed by atoms with Crippen LogP contribution >= 0.6 is 0 Å². The number of rotatable bonds is 8. The first-order valence-electron chi connectivity index (χ1n) is 11.7. The monoisotopic (exact) mass is 478 g/mol. The number of Topliss-reactive ketones (excluding diaryl/α,β-unsaturated/α-hetero) is 1. The highest BCUT2D eigenvalue weighted by molar-refractivity contribution is 6.27. The second-order valence-electron chi connectivity index (χ2n) is 8.80. The molecule has 0 spiro atoms. The summed E-state index contributed by atoms with van der Waals surface area (Å²) in [5, 5.41) is 0. The Morgan fingerprint density at radius 3 is 2.54 bits per heavy atom. The maximum absolute atomic E-state index is 13.3. The van der Waals surface area contributed by atoms with Crippen molar-refractivity contribution in [2.24, 2.45) is 0 Å². The first-order chi connectivity index (χ1) is 16.6. The van der Waals surface area contributed by atoms with Crippen molar-refractivity contribution in [3.63, 3.8) is 0 Å². The molecule has 0 N–H and O–H groups in total. The predicted molar refractivity (Wildman–Crippen MR) is 130 cm³/mol. The number of fused-ring (bicyclic) bond motifs is 1. The zero-order valence-electron chi connectivity index (χ0n) is 20.7. The zero-order valence-corrected chi connectivity index (χ0v) is 20.7. The van der Waals surface area contributed by atoms with Crippen LogP contribution in [0.2, 0.25) is 0 Å². The summed E-state index contributed by atoms with van der Waals surface area (Å²) in [6.45, 7) is 8.12. The molecule has 1 aliphatic heterocycles. The van der Waals surface area contributed by atoms with Gasteiger partial charge in [-0.2, -0.15) is 0 Å². The van der Waals surface area contributed by atoms with E-state index in [1.165, 1.54) is 26.2 Å². The second-order valence-corrected chi connectivity index (χ2v) is 8.80. The van der Waals surface area contributed by atoms with E-state index in [0.29, 0.717) is 28.2 Å². The summed E-state index contributed by atoms with van der Waals surface area (Å²) in [5.74, 6) is -1.87. The van der Waals surface area contributed by atoms with Crippen LogP contribution in [0.25, 0.3) is 5.76 Å². The zero-order chi connectivity index (χ0) is 25.8. The van der Waals surface area contributed by atoms with Gasteiger partial charge in [0.15, 0.2) is 0 Å². The summed E-state index contributed by atoms with van der Waals surface area (Å²) in [7, 11) is 0. The quantitative estimate of drug-likeness (QED) is 0.169. The Kier molecular flexibility index (Phi) is 7.89. The largest absolute Gasteiger partial charge is 0.463 e. The topological polar surface area (TPSA) is 96.0 Å². The molecule has 7 heteroatoms. The van der Waals surface area contributed by atoms with E-state index < -0.39 is 29.1 Å². The predicted octanol–water partition coefficient (Wildman–Crippen LogP) is 5.08. The Hall–Kier alpha value is -3.74. The Morgan fingerprint density at radius 1 is 1.11 bits per heavy atom. The first-order valence-corrected chi connectivity index (χ1v) is 11.7. The molecule has 0 radical (unpaired) electrons. The van der Waals surface area contributed by atoms with Gasteiger partial charge in [-0.15, -0.1) is 0 Å². The molecule has 0 fully saturated rings. The standard InChI is InChI=1S/C28H30O7/c1-6-7-8-9-11-18(3)27(32)35-28(5)24(30)15-20-14-23(33-16-21(20)26(28)31)25-17(2)12-10-13-22(25)34-19(4)29/h10-16H,6-9H2,1-5H3/b18-11+. The van der Waals surface area contributed by atoms with Gasteiger partial charge in [0, 0.05) is 12.5 Å². The summed E-state index contributed by atoms with van der Waals surface area (Å²) in [6.07, 6.45) is 9.60. The van der Waals surface area contributed by atoms with Gasteiger partial charge in [-0.3, -0.25) is 14.4 Å². The molecular formula is C28H30O7. The third-order valence-electron chi connectivity index (χ3n) is 5.95. The molecule has 2 aliphatic rings. The molecule has 1 atom stereocenters. The Labute approximate surface area is 205 Å². The van der Waals surface area contributed by atoms with Gasteiger partial charge in [-0.25, -0.2) is 4.79 Å². The highest BCUT2D eigenvalue weighted by atomic mass is 16.6. The van der Waals surface area contributed by atoms with Crippen LogP contribution in [-0.4, -0.2) is 29.1 Å². The van der Waals surface area contributed by atoms with E-state index in [0.717, 1.165) is 31.2 Å². The molecule has 0 bridgehead atoms. The molecule has 0 saturated carbocycles. The van der Waals surface area contributed by atoms with Gasteiger partial charge in [-0.1, -0.05) is 38.0 Å². The number of hydrogen-bond donors (Lipinski definition) is 0. The fourth-order valence-corrected chi connectivity index (χ4v) is 3.88. The van der Waals surface area contributed by atoms with Crippen LogP contribution < -0.4 is 4.74 Å². The SMILES string of the molecule is CCCCC/C=C(\C)C(=O)OC1(C)C(=O)C=C2C=C(c3c(C)cccc3OC(C)=O)OC=C2C1=O. The molecule has 0 amide bonds. The third kappa shape index (κ3) is 5.50. The van der Waals surface area contributed by atoms with E-state index in [1.54, 1.807) is 31.2 Å². The maximum atomic E-state index is 13.3. The van der Waals surface area contributed by atoms with Gasteiger partial charge >= 0.3 is 11.9 Å². The highest BCUT2D eigenvalue weighted by Crippen LogP contribution is 2.39. The molecule has 7 nitrogen and oxygen atoms in total. The smallest absolute Gasteiger partial charge is 0.334 e. The van der Waals surface area contributed by atoms with Gasteiger partial charge in [0.25, 0.3) is 0 Å². The fraction of sp³-hybridized carbons (Fsp3) is 0.357. The lowest BCUT2D eigenvalue weighted by Gasteiger charge is -2.31. The second kappa shape index (κ2) is 10.7. The van der Waals surface area contributed by atoms with E-state index >= 15 is 0 Å². The van der Waals surface area contributed by atoms with E-state index in [1.807, 2.05) is 13.0 Å². The van der Waals surface area contributed by atoms with E-state index in [2.05, 4.69) is 6.92 Å². The number of benzene rings is 1. The van der Waals surface area contributed by atoms with Crippen molar-refractivity contribution >= 4 is 29.3 Å². The number of ether oxygens (including phenoxy) is 3. The van der Waals surface area contributed by atoms with Crippen LogP contribution in [0.4, 0.5) is 0 Å². The van der Waals surface area contributed by atoms with Crippen LogP contribution in [0, 0.1) is 6.92 Å². The summed E-state index contributed by atoms with van der Waals surface area (Å²) >= 11 is 0. The molecule has 1 aromatic carbocycles. The number of hydrogen-bond acceptors (Lipinski definition) is 7. The average Bonchev–Trinajstić information content (AvgIpc) is 2.80. The molecule has 3 rings (SSSR count). The van der Waals surface area contributed by atoms with Crippen LogP contribution in [0.5, 0.6) is 5.75 Å². The lowest BCUT2D eigenvalue weighted by atomic mass is 9.80. The van der Waals surface area contributed by atoms with Crippen molar-refractivity contribution in [2.45, 2.75) is 65.9 Å².